The Morgan fingerprint density at radius 3 is 1.86 bits per heavy atom. The van der Waals surface area contributed by atoms with Crippen molar-refractivity contribution in [1.29, 1.82) is 0 Å². The number of hydrogen-bond acceptors (Lipinski definition) is 4. The van der Waals surface area contributed by atoms with Crippen LogP contribution in [0.5, 0.6) is 0 Å². The molecule has 0 bridgehead atoms. The van der Waals surface area contributed by atoms with Crippen molar-refractivity contribution >= 4 is 11.9 Å². The van der Waals surface area contributed by atoms with Crippen LogP contribution in [-0.4, -0.2) is 41.7 Å². The second-order valence-electron chi connectivity index (χ2n) is 7.30. The van der Waals surface area contributed by atoms with Gasteiger partial charge in [0, 0.05) is 0 Å². The molecule has 28 heavy (non-hydrogen) atoms. The van der Waals surface area contributed by atoms with Crippen molar-refractivity contribution in [3.63, 3.8) is 0 Å². The summed E-state index contributed by atoms with van der Waals surface area (Å²) < 4.78 is 0. The van der Waals surface area contributed by atoms with E-state index in [4.69, 9.17) is 15.7 Å². The van der Waals surface area contributed by atoms with E-state index in [-0.39, 0.29) is 6.54 Å². The second-order valence-corrected chi connectivity index (χ2v) is 7.30. The molecule has 0 radical (unpaired) electrons. The molecule has 0 aliphatic heterocycles. The maximum atomic E-state index is 11.5. The highest BCUT2D eigenvalue weighted by Gasteiger charge is 2.15. The SMILES string of the molecule is CCCCCCCC/C=C\CCCCCCCCON(CC(=O)O)C(=O)CN. The van der Waals surface area contributed by atoms with E-state index in [9.17, 15) is 9.59 Å². The number of hydroxylamine groups is 2. The maximum Gasteiger partial charge on any atom is 0.325 e. The number of rotatable bonds is 20. The normalized spacial score (nSPS) is 11.2. The summed E-state index contributed by atoms with van der Waals surface area (Å²) in [5.41, 5.74) is 5.25. The highest BCUT2D eigenvalue weighted by Crippen LogP contribution is 2.10. The Bertz CT molecular complexity index is 413. The van der Waals surface area contributed by atoms with Crippen molar-refractivity contribution in [2.45, 2.75) is 96.8 Å². The Kier molecular flexibility index (Phi) is 19.3. The highest BCUT2D eigenvalue weighted by atomic mass is 16.7. The number of aliphatic carboxylic acids is 1. The lowest BCUT2D eigenvalue weighted by atomic mass is 10.1. The smallest absolute Gasteiger partial charge is 0.325 e. The molecule has 0 saturated heterocycles. The summed E-state index contributed by atoms with van der Waals surface area (Å²) in [4.78, 5) is 27.4. The quantitative estimate of drug-likeness (QED) is 0.174. The summed E-state index contributed by atoms with van der Waals surface area (Å²) in [6.45, 7) is 1.88. The van der Waals surface area contributed by atoms with Crippen LogP contribution in [0.15, 0.2) is 12.2 Å². The molecule has 0 saturated carbocycles. The molecular formula is C22H42N2O4. The first-order valence-electron chi connectivity index (χ1n) is 11.1. The molecule has 0 aromatic carbocycles. The molecule has 0 atom stereocenters. The molecule has 3 N–H and O–H groups in total. The van der Waals surface area contributed by atoms with Crippen LogP contribution in [0.3, 0.4) is 0 Å². The average Bonchev–Trinajstić information content (AvgIpc) is 2.68. The van der Waals surface area contributed by atoms with Crippen molar-refractivity contribution in [3.05, 3.63) is 12.2 Å². The van der Waals surface area contributed by atoms with Gasteiger partial charge in [-0.25, -0.2) is 5.06 Å². The van der Waals surface area contributed by atoms with Crippen LogP contribution < -0.4 is 5.73 Å². The van der Waals surface area contributed by atoms with Gasteiger partial charge in [-0.2, -0.15) is 0 Å². The number of nitrogens with two attached hydrogens (primary N) is 1. The minimum atomic E-state index is -1.11. The number of unbranched alkanes of at least 4 members (excludes halogenated alkanes) is 12. The summed E-state index contributed by atoms with van der Waals surface area (Å²) in [7, 11) is 0. The standard InChI is InChI=1S/C22H42N2O4/c1-2-3-4-5-6-7-8-9-10-11-12-13-14-15-16-17-18-28-24(20-22(26)27)21(25)19-23/h9-10H,2-8,11-20,23H2,1H3,(H,26,27)/b10-9-. The number of hydrogen-bond donors (Lipinski definition) is 2. The summed E-state index contributed by atoms with van der Waals surface area (Å²) in [5, 5.41) is 9.60. The van der Waals surface area contributed by atoms with Crippen LogP contribution in [0.1, 0.15) is 96.8 Å². The number of carbonyl (C=O) groups excluding carboxylic acids is 1. The average molecular weight is 399 g/mol. The molecule has 6 heteroatoms. The number of carbonyl (C=O) groups is 2. The Hall–Kier alpha value is -1.40. The van der Waals surface area contributed by atoms with E-state index in [0.29, 0.717) is 6.61 Å². The van der Waals surface area contributed by atoms with Crippen LogP contribution >= 0.6 is 0 Å². The molecule has 0 aromatic heterocycles. The van der Waals surface area contributed by atoms with Gasteiger partial charge in [-0.3, -0.25) is 14.4 Å². The van der Waals surface area contributed by atoms with Gasteiger partial charge in [-0.05, 0) is 32.1 Å². The van der Waals surface area contributed by atoms with Crippen molar-refractivity contribution in [3.8, 4) is 0 Å². The largest absolute Gasteiger partial charge is 0.480 e. The Balaban J connectivity index is 3.41. The third kappa shape index (κ3) is 18.0. The van der Waals surface area contributed by atoms with Gasteiger partial charge in [-0.1, -0.05) is 76.9 Å². The van der Waals surface area contributed by atoms with Crippen LogP contribution in [0, 0.1) is 0 Å². The van der Waals surface area contributed by atoms with Gasteiger partial charge in [0.15, 0.2) is 0 Å². The number of amides is 1. The lowest BCUT2D eigenvalue weighted by Crippen LogP contribution is -2.39. The molecule has 6 nitrogen and oxygen atoms in total. The number of allylic oxidation sites excluding steroid dienone is 2. The molecule has 1 amide bonds. The van der Waals surface area contributed by atoms with Gasteiger partial charge in [0.1, 0.15) is 6.54 Å². The van der Waals surface area contributed by atoms with Gasteiger partial charge in [-0.15, -0.1) is 0 Å². The first-order valence-corrected chi connectivity index (χ1v) is 11.1. The van der Waals surface area contributed by atoms with E-state index in [0.717, 1.165) is 24.3 Å². The molecule has 0 heterocycles. The number of nitrogens with zero attached hydrogens (tertiary/aromatic N) is 1. The zero-order valence-electron chi connectivity index (χ0n) is 17.9. The van der Waals surface area contributed by atoms with Gasteiger partial charge < -0.3 is 10.8 Å². The first-order chi connectivity index (χ1) is 13.6. The Morgan fingerprint density at radius 1 is 0.857 bits per heavy atom. The molecule has 0 rings (SSSR count). The van der Waals surface area contributed by atoms with E-state index in [2.05, 4.69) is 19.1 Å². The molecule has 0 aliphatic rings. The third-order valence-corrected chi connectivity index (χ3v) is 4.63. The molecule has 0 fully saturated rings. The predicted octanol–water partition coefficient (Wildman–Crippen LogP) is 4.83. The van der Waals surface area contributed by atoms with Crippen LogP contribution in [-0.2, 0) is 14.4 Å². The van der Waals surface area contributed by atoms with Crippen LogP contribution in [0.4, 0.5) is 0 Å². The molecule has 0 aliphatic carbocycles. The van der Waals surface area contributed by atoms with Gasteiger partial charge >= 0.3 is 5.97 Å². The zero-order valence-corrected chi connectivity index (χ0v) is 17.9. The van der Waals surface area contributed by atoms with Crippen molar-refractivity contribution in [2.75, 3.05) is 19.7 Å². The lowest BCUT2D eigenvalue weighted by molar-refractivity contribution is -0.191. The first kappa shape index (κ1) is 26.6. The third-order valence-electron chi connectivity index (χ3n) is 4.63. The lowest BCUT2D eigenvalue weighted by Gasteiger charge is -2.19. The fraction of sp³-hybridized carbons (Fsp3) is 0.818. The summed E-state index contributed by atoms with van der Waals surface area (Å²) in [5.74, 6) is -1.62. The summed E-state index contributed by atoms with van der Waals surface area (Å²) >= 11 is 0. The van der Waals surface area contributed by atoms with Crippen LogP contribution in [0.25, 0.3) is 0 Å². The fourth-order valence-electron chi connectivity index (χ4n) is 2.95. The van der Waals surface area contributed by atoms with Crippen LogP contribution in [0.2, 0.25) is 0 Å². The van der Waals surface area contributed by atoms with E-state index in [1.165, 1.54) is 70.6 Å². The molecule has 0 spiro atoms. The van der Waals surface area contributed by atoms with E-state index < -0.39 is 18.4 Å². The van der Waals surface area contributed by atoms with E-state index >= 15 is 0 Å². The van der Waals surface area contributed by atoms with Crippen molar-refractivity contribution in [1.82, 2.24) is 5.06 Å². The van der Waals surface area contributed by atoms with Gasteiger partial charge in [0.25, 0.3) is 5.91 Å². The predicted molar refractivity (Wildman–Crippen MR) is 114 cm³/mol. The van der Waals surface area contributed by atoms with Crippen molar-refractivity contribution < 1.29 is 19.5 Å². The Morgan fingerprint density at radius 2 is 1.36 bits per heavy atom. The minimum Gasteiger partial charge on any atom is -0.480 e. The summed E-state index contributed by atoms with van der Waals surface area (Å²) in [6.07, 6.45) is 21.8. The monoisotopic (exact) mass is 398 g/mol. The van der Waals surface area contributed by atoms with Crippen molar-refractivity contribution in [2.24, 2.45) is 5.73 Å². The van der Waals surface area contributed by atoms with E-state index in [1.54, 1.807) is 0 Å². The topological polar surface area (TPSA) is 92.9 Å². The number of carboxylic acids is 1. The fourth-order valence-corrected chi connectivity index (χ4v) is 2.95. The van der Waals surface area contributed by atoms with Gasteiger partial charge in [0.05, 0.1) is 13.2 Å². The van der Waals surface area contributed by atoms with E-state index in [1.807, 2.05) is 0 Å². The van der Waals surface area contributed by atoms with Gasteiger partial charge in [0.2, 0.25) is 0 Å². The zero-order chi connectivity index (χ0) is 20.9. The number of carboxylic acid groups (broad SMARTS) is 1. The maximum absolute atomic E-state index is 11.5. The second kappa shape index (κ2) is 20.3. The Labute approximate surface area is 171 Å². The molecule has 164 valence electrons. The summed E-state index contributed by atoms with van der Waals surface area (Å²) in [6, 6.07) is 0. The molecular weight excluding hydrogens is 356 g/mol. The minimum absolute atomic E-state index is 0.249. The molecule has 0 unspecified atom stereocenters. The molecule has 0 aromatic rings. The highest BCUT2D eigenvalue weighted by molar-refractivity contribution is 5.81.